The number of ether oxygens (including phenoxy) is 1. The lowest BCUT2D eigenvalue weighted by molar-refractivity contribution is 0.164. The van der Waals surface area contributed by atoms with Crippen LogP contribution < -0.4 is 5.32 Å². The van der Waals surface area contributed by atoms with E-state index in [9.17, 15) is 0 Å². The molecule has 2 heterocycles. The van der Waals surface area contributed by atoms with Gasteiger partial charge in [0.2, 0.25) is 5.89 Å². The fourth-order valence-electron chi connectivity index (χ4n) is 2.43. The van der Waals surface area contributed by atoms with Gasteiger partial charge in [-0.25, -0.2) is 0 Å². The average molecular weight is 268 g/mol. The van der Waals surface area contributed by atoms with Crippen molar-refractivity contribution in [2.45, 2.75) is 26.3 Å². The second kappa shape index (κ2) is 7.57. The topological polar surface area (TPSA) is 63.4 Å². The van der Waals surface area contributed by atoms with Gasteiger partial charge in [-0.05, 0) is 38.4 Å². The Labute approximate surface area is 114 Å². The third-order valence-electron chi connectivity index (χ3n) is 3.56. The molecule has 0 aromatic carbocycles. The van der Waals surface area contributed by atoms with Crippen molar-refractivity contribution in [2.24, 2.45) is 5.92 Å². The first kappa shape index (κ1) is 14.4. The molecule has 0 atom stereocenters. The van der Waals surface area contributed by atoms with Gasteiger partial charge < -0.3 is 14.6 Å². The van der Waals surface area contributed by atoms with E-state index in [0.29, 0.717) is 5.89 Å². The number of aryl methyl sites for hydroxylation is 1. The number of rotatable bonds is 7. The van der Waals surface area contributed by atoms with Gasteiger partial charge in [0.15, 0.2) is 5.82 Å². The summed E-state index contributed by atoms with van der Waals surface area (Å²) in [5.41, 5.74) is 0. The fraction of sp³-hybridized carbons (Fsp3) is 0.846. The average Bonchev–Trinajstić information content (AvgIpc) is 2.82. The summed E-state index contributed by atoms with van der Waals surface area (Å²) in [6.07, 6.45) is 2.47. The van der Waals surface area contributed by atoms with Crippen LogP contribution in [0.15, 0.2) is 4.52 Å². The summed E-state index contributed by atoms with van der Waals surface area (Å²) < 4.78 is 10.0. The van der Waals surface area contributed by atoms with E-state index in [4.69, 9.17) is 9.26 Å². The number of methoxy groups -OCH3 is 1. The van der Waals surface area contributed by atoms with E-state index in [1.165, 1.54) is 12.8 Å². The largest absolute Gasteiger partial charge is 0.383 e. The minimum atomic E-state index is 0.646. The smallest absolute Gasteiger partial charge is 0.223 e. The number of hydrogen-bond donors (Lipinski definition) is 1. The van der Waals surface area contributed by atoms with Crippen molar-refractivity contribution in [1.29, 1.82) is 0 Å². The Hall–Kier alpha value is -0.980. The van der Waals surface area contributed by atoms with Crippen LogP contribution in [0.1, 0.15) is 24.6 Å². The predicted molar refractivity (Wildman–Crippen MR) is 71.8 cm³/mol. The zero-order valence-corrected chi connectivity index (χ0v) is 11.9. The van der Waals surface area contributed by atoms with Gasteiger partial charge in [-0.2, -0.15) is 4.98 Å². The zero-order valence-electron chi connectivity index (χ0n) is 11.9. The molecule has 108 valence electrons. The molecular formula is C13H24N4O2. The maximum atomic E-state index is 5.02. The van der Waals surface area contributed by atoms with Gasteiger partial charge in [-0.3, -0.25) is 4.90 Å². The Balaban J connectivity index is 1.62. The van der Waals surface area contributed by atoms with Crippen molar-refractivity contribution < 1.29 is 9.26 Å². The number of nitrogens with one attached hydrogen (secondary N) is 1. The summed E-state index contributed by atoms with van der Waals surface area (Å²) in [6, 6.07) is 0. The highest BCUT2D eigenvalue weighted by Crippen LogP contribution is 2.17. The molecular weight excluding hydrogens is 244 g/mol. The highest BCUT2D eigenvalue weighted by Gasteiger charge is 2.20. The number of aromatic nitrogens is 2. The lowest BCUT2D eigenvalue weighted by Crippen LogP contribution is -2.37. The monoisotopic (exact) mass is 268 g/mol. The second-order valence-electron chi connectivity index (χ2n) is 5.15. The molecule has 1 aliphatic heterocycles. The van der Waals surface area contributed by atoms with Crippen molar-refractivity contribution in [3.63, 3.8) is 0 Å². The molecule has 1 aromatic heterocycles. The van der Waals surface area contributed by atoms with Gasteiger partial charge in [-0.1, -0.05) is 5.16 Å². The van der Waals surface area contributed by atoms with E-state index < -0.39 is 0 Å². The molecule has 0 radical (unpaired) electrons. The van der Waals surface area contributed by atoms with E-state index in [1.54, 1.807) is 7.11 Å². The van der Waals surface area contributed by atoms with E-state index in [-0.39, 0.29) is 0 Å². The third-order valence-corrected chi connectivity index (χ3v) is 3.56. The quantitative estimate of drug-likeness (QED) is 0.739. The fourth-order valence-corrected chi connectivity index (χ4v) is 2.43. The summed E-state index contributed by atoms with van der Waals surface area (Å²) >= 11 is 0. The number of nitrogens with zero attached hydrogens (tertiary/aromatic N) is 3. The Kier molecular flexibility index (Phi) is 5.75. The first-order valence-electron chi connectivity index (χ1n) is 6.99. The Morgan fingerprint density at radius 3 is 2.84 bits per heavy atom. The van der Waals surface area contributed by atoms with Crippen molar-refractivity contribution in [3.05, 3.63) is 11.7 Å². The van der Waals surface area contributed by atoms with Gasteiger partial charge >= 0.3 is 0 Å². The summed E-state index contributed by atoms with van der Waals surface area (Å²) in [6.45, 7) is 7.69. The first-order valence-corrected chi connectivity index (χ1v) is 6.99. The molecule has 0 spiro atoms. The number of piperidine rings is 1. The highest BCUT2D eigenvalue weighted by molar-refractivity contribution is 4.85. The van der Waals surface area contributed by atoms with Gasteiger partial charge in [0.25, 0.3) is 0 Å². The lowest BCUT2D eigenvalue weighted by Gasteiger charge is -2.31. The van der Waals surface area contributed by atoms with Gasteiger partial charge in [0.05, 0.1) is 13.2 Å². The van der Waals surface area contributed by atoms with Crippen LogP contribution in [0.25, 0.3) is 0 Å². The van der Waals surface area contributed by atoms with Crippen LogP contribution in [-0.2, 0) is 11.3 Å². The van der Waals surface area contributed by atoms with Crippen LogP contribution in [0.4, 0.5) is 0 Å². The molecule has 1 N–H and O–H groups in total. The van der Waals surface area contributed by atoms with Gasteiger partial charge in [-0.15, -0.1) is 0 Å². The molecule has 6 heteroatoms. The van der Waals surface area contributed by atoms with E-state index >= 15 is 0 Å². The molecule has 0 amide bonds. The molecule has 1 aromatic rings. The van der Waals surface area contributed by atoms with E-state index in [2.05, 4.69) is 20.4 Å². The molecule has 1 aliphatic rings. The Morgan fingerprint density at radius 2 is 2.21 bits per heavy atom. The van der Waals surface area contributed by atoms with Crippen molar-refractivity contribution in [3.8, 4) is 0 Å². The van der Waals surface area contributed by atoms with Crippen LogP contribution >= 0.6 is 0 Å². The predicted octanol–water partition coefficient (Wildman–Crippen LogP) is 0.826. The maximum Gasteiger partial charge on any atom is 0.223 e. The zero-order chi connectivity index (χ0) is 13.5. The summed E-state index contributed by atoms with van der Waals surface area (Å²) in [4.78, 5) is 6.65. The number of hydrogen-bond acceptors (Lipinski definition) is 6. The molecule has 1 fully saturated rings. The molecule has 0 bridgehead atoms. The normalized spacial score (nSPS) is 18.0. The summed E-state index contributed by atoms with van der Waals surface area (Å²) in [5.74, 6) is 2.22. The minimum Gasteiger partial charge on any atom is -0.383 e. The Morgan fingerprint density at radius 1 is 1.42 bits per heavy atom. The van der Waals surface area contributed by atoms with Crippen LogP contribution in [0, 0.1) is 12.8 Å². The molecule has 0 saturated carbocycles. The first-order chi connectivity index (χ1) is 9.28. The SMILES string of the molecule is COCCNCC1CCN(Cc2noc(C)n2)CC1. The minimum absolute atomic E-state index is 0.646. The standard InChI is InChI=1S/C13H24N4O2/c1-11-15-13(16-19-11)10-17-6-3-12(4-7-17)9-14-5-8-18-2/h12,14H,3-10H2,1-2H3. The molecule has 0 aliphatic carbocycles. The second-order valence-corrected chi connectivity index (χ2v) is 5.15. The molecule has 2 rings (SSSR count). The van der Waals surface area contributed by atoms with Crippen molar-refractivity contribution >= 4 is 0 Å². The Bertz CT molecular complexity index is 361. The van der Waals surface area contributed by atoms with E-state index in [0.717, 1.165) is 51.1 Å². The van der Waals surface area contributed by atoms with Crippen LogP contribution in [0.3, 0.4) is 0 Å². The van der Waals surface area contributed by atoms with Crippen LogP contribution in [-0.4, -0.2) is 54.9 Å². The lowest BCUT2D eigenvalue weighted by atomic mass is 9.97. The van der Waals surface area contributed by atoms with Crippen molar-refractivity contribution in [2.75, 3.05) is 39.9 Å². The highest BCUT2D eigenvalue weighted by atomic mass is 16.5. The van der Waals surface area contributed by atoms with Gasteiger partial charge in [0, 0.05) is 20.6 Å². The maximum absolute atomic E-state index is 5.02. The molecule has 0 unspecified atom stereocenters. The van der Waals surface area contributed by atoms with Crippen molar-refractivity contribution in [1.82, 2.24) is 20.4 Å². The van der Waals surface area contributed by atoms with E-state index in [1.807, 2.05) is 6.92 Å². The molecule has 6 nitrogen and oxygen atoms in total. The van der Waals surface area contributed by atoms with Crippen LogP contribution in [0.2, 0.25) is 0 Å². The molecule has 19 heavy (non-hydrogen) atoms. The number of likely N-dealkylation sites (tertiary alicyclic amines) is 1. The third kappa shape index (κ3) is 4.89. The summed E-state index contributed by atoms with van der Waals surface area (Å²) in [7, 11) is 1.74. The summed E-state index contributed by atoms with van der Waals surface area (Å²) in [5, 5.41) is 7.39. The molecule has 1 saturated heterocycles. The van der Waals surface area contributed by atoms with Crippen LogP contribution in [0.5, 0.6) is 0 Å². The van der Waals surface area contributed by atoms with Gasteiger partial charge in [0.1, 0.15) is 0 Å².